The largest absolute Gasteiger partial charge is 0.456 e. The lowest BCUT2D eigenvalue weighted by molar-refractivity contribution is 0.669. The first-order valence-electron chi connectivity index (χ1n) is 18.6. The normalized spacial score (nSPS) is 13.6. The summed E-state index contributed by atoms with van der Waals surface area (Å²) in [6.07, 6.45) is 0. The molecule has 0 atom stereocenters. The lowest BCUT2D eigenvalue weighted by Gasteiger charge is -2.27. The molecule has 0 aliphatic carbocycles. The Balaban J connectivity index is 1.29. The number of hydrogen-bond donors (Lipinski definition) is 0. The monoisotopic (exact) mass is 594 g/mol. The van der Waals surface area contributed by atoms with Crippen LogP contribution in [-0.2, 0) is 0 Å². The standard InChI is InChI=1S/C44H29NO/c1-3-16-37-30(10-1)12-8-19-38(37)32-22-25-35(26-23-32)45(42-20-9-13-31-11-2-4-17-39(31)42)36-15-7-14-33(28-36)34-24-27-44-41(29-34)40-18-5-6-21-43(40)46-44/h1-29H/i2D,4D,9D,11D,13D,17D,20D. The fourth-order valence-electron chi connectivity index (χ4n) is 6.37. The first-order chi connectivity index (χ1) is 25.7. The quantitative estimate of drug-likeness (QED) is 0.197. The van der Waals surface area contributed by atoms with E-state index in [0.717, 1.165) is 55.0 Å². The second-order valence-electron chi connectivity index (χ2n) is 11.2. The van der Waals surface area contributed by atoms with E-state index < -0.39 is 30.2 Å². The summed E-state index contributed by atoms with van der Waals surface area (Å²) in [7, 11) is 0. The van der Waals surface area contributed by atoms with Crippen molar-refractivity contribution in [2.24, 2.45) is 0 Å². The van der Waals surface area contributed by atoms with Crippen LogP contribution in [0.25, 0.3) is 65.7 Å². The van der Waals surface area contributed by atoms with E-state index in [1.807, 2.05) is 103 Å². The lowest BCUT2D eigenvalue weighted by Crippen LogP contribution is -2.10. The van der Waals surface area contributed by atoms with Gasteiger partial charge in [0.15, 0.2) is 0 Å². The van der Waals surface area contributed by atoms with Gasteiger partial charge >= 0.3 is 0 Å². The maximum atomic E-state index is 9.26. The molecule has 9 aromatic rings. The van der Waals surface area contributed by atoms with Crippen LogP contribution in [0.1, 0.15) is 9.60 Å². The highest BCUT2D eigenvalue weighted by atomic mass is 16.3. The SMILES string of the molecule is [2H]c1c([2H])c([2H])c2c(N(c3ccc(-c4cccc5ccccc45)cc3)c3cccc(-c4ccc5oc6ccccc6c5c4)c3)c([2H])c([2H])c([2H])c2c1[2H]. The average molecular weight is 595 g/mol. The topological polar surface area (TPSA) is 16.4 Å². The molecule has 0 saturated carbocycles. The number of rotatable bonds is 5. The summed E-state index contributed by atoms with van der Waals surface area (Å²) in [5.41, 5.74) is 6.72. The molecule has 0 radical (unpaired) electrons. The molecule has 2 nitrogen and oxygen atoms in total. The van der Waals surface area contributed by atoms with Gasteiger partial charge < -0.3 is 9.32 Å². The molecule has 0 fully saturated rings. The molecule has 2 heteroatoms. The van der Waals surface area contributed by atoms with E-state index in [-0.39, 0.29) is 28.5 Å². The summed E-state index contributed by atoms with van der Waals surface area (Å²) in [5.74, 6) is 0. The van der Waals surface area contributed by atoms with Crippen LogP contribution in [0, 0.1) is 0 Å². The van der Waals surface area contributed by atoms with Gasteiger partial charge in [-0.15, -0.1) is 0 Å². The Bertz CT molecular complexity index is 2920. The molecule has 8 aromatic carbocycles. The van der Waals surface area contributed by atoms with Crippen molar-refractivity contribution in [1.82, 2.24) is 0 Å². The van der Waals surface area contributed by atoms with Gasteiger partial charge in [-0.1, -0.05) is 127 Å². The van der Waals surface area contributed by atoms with E-state index in [1.54, 1.807) is 4.90 Å². The summed E-state index contributed by atoms with van der Waals surface area (Å²) in [4.78, 5) is 1.77. The number of nitrogens with zero attached hydrogens (tertiary/aromatic N) is 1. The van der Waals surface area contributed by atoms with Gasteiger partial charge in [0, 0.05) is 27.5 Å². The van der Waals surface area contributed by atoms with Gasteiger partial charge in [-0.3, -0.25) is 0 Å². The van der Waals surface area contributed by atoms with Crippen LogP contribution in [0.5, 0.6) is 0 Å². The first kappa shape index (κ1) is 20.0. The molecular weight excluding hydrogens is 558 g/mol. The second kappa shape index (κ2) is 10.8. The van der Waals surface area contributed by atoms with E-state index in [4.69, 9.17) is 12.6 Å². The molecular formula is C44H29NO. The van der Waals surface area contributed by atoms with Gasteiger partial charge in [-0.2, -0.15) is 0 Å². The Morgan fingerprint density at radius 1 is 0.435 bits per heavy atom. The summed E-state index contributed by atoms with van der Waals surface area (Å²) < 4.78 is 67.6. The second-order valence-corrected chi connectivity index (χ2v) is 11.2. The number of anilines is 3. The zero-order valence-corrected chi connectivity index (χ0v) is 24.6. The average Bonchev–Trinajstić information content (AvgIpc) is 3.57. The van der Waals surface area contributed by atoms with E-state index >= 15 is 0 Å². The molecule has 1 aromatic heterocycles. The summed E-state index contributed by atoms with van der Waals surface area (Å²) in [5, 5.41) is 4.12. The van der Waals surface area contributed by atoms with Crippen molar-refractivity contribution in [1.29, 1.82) is 0 Å². The van der Waals surface area contributed by atoms with Gasteiger partial charge in [-0.25, -0.2) is 0 Å². The minimum absolute atomic E-state index is 0.0109. The van der Waals surface area contributed by atoms with Crippen LogP contribution in [0.3, 0.4) is 0 Å². The van der Waals surface area contributed by atoms with Gasteiger partial charge in [0.25, 0.3) is 0 Å². The Morgan fingerprint density at radius 2 is 1.15 bits per heavy atom. The van der Waals surface area contributed by atoms with Crippen molar-refractivity contribution in [2.75, 3.05) is 4.90 Å². The molecule has 1 heterocycles. The number of para-hydroxylation sites is 1. The van der Waals surface area contributed by atoms with Crippen molar-refractivity contribution in [2.45, 2.75) is 0 Å². The Labute approximate surface area is 277 Å². The fraction of sp³-hybridized carbons (Fsp3) is 0. The zero-order valence-electron chi connectivity index (χ0n) is 31.6. The molecule has 0 spiro atoms. The molecule has 0 aliphatic heterocycles. The van der Waals surface area contributed by atoms with Gasteiger partial charge in [0.1, 0.15) is 11.2 Å². The Hall–Kier alpha value is -6.12. The van der Waals surface area contributed by atoms with Crippen LogP contribution in [-0.4, -0.2) is 0 Å². The molecule has 0 bridgehead atoms. The van der Waals surface area contributed by atoms with Gasteiger partial charge in [0.05, 0.1) is 15.3 Å². The highest BCUT2D eigenvalue weighted by molar-refractivity contribution is 6.06. The van der Waals surface area contributed by atoms with Crippen molar-refractivity contribution < 1.29 is 14.0 Å². The molecule has 0 aliphatic rings. The third-order valence-corrected chi connectivity index (χ3v) is 8.56. The number of furan rings is 1. The molecule has 0 N–H and O–H groups in total. The maximum Gasteiger partial charge on any atom is 0.135 e. The minimum Gasteiger partial charge on any atom is -0.456 e. The lowest BCUT2D eigenvalue weighted by atomic mass is 9.97. The van der Waals surface area contributed by atoms with Crippen molar-refractivity contribution in [3.05, 3.63) is 176 Å². The Kier molecular flexibility index (Phi) is 4.70. The number of hydrogen-bond acceptors (Lipinski definition) is 2. The van der Waals surface area contributed by atoms with E-state index in [1.165, 1.54) is 0 Å². The van der Waals surface area contributed by atoms with Crippen molar-refractivity contribution >= 4 is 60.5 Å². The van der Waals surface area contributed by atoms with Crippen LogP contribution in [0.2, 0.25) is 0 Å². The first-order valence-corrected chi connectivity index (χ1v) is 15.1. The van der Waals surface area contributed by atoms with Crippen LogP contribution in [0.4, 0.5) is 17.1 Å². The van der Waals surface area contributed by atoms with E-state index in [2.05, 4.69) is 30.3 Å². The van der Waals surface area contributed by atoms with Gasteiger partial charge in [0.2, 0.25) is 0 Å². The number of fused-ring (bicyclic) bond motifs is 5. The fourth-order valence-corrected chi connectivity index (χ4v) is 6.37. The third kappa shape index (κ3) is 4.43. The number of benzene rings is 8. The predicted octanol–water partition coefficient (Wildman–Crippen LogP) is 12.7. The highest BCUT2D eigenvalue weighted by Crippen LogP contribution is 2.41. The maximum absolute atomic E-state index is 9.26. The third-order valence-electron chi connectivity index (χ3n) is 8.56. The minimum atomic E-state index is -0.491. The van der Waals surface area contributed by atoms with Crippen LogP contribution >= 0.6 is 0 Å². The summed E-state index contributed by atoms with van der Waals surface area (Å²) >= 11 is 0. The molecule has 0 saturated heterocycles. The summed E-state index contributed by atoms with van der Waals surface area (Å²) in [6, 6.07) is 40.9. The zero-order chi connectivity index (χ0) is 36.5. The van der Waals surface area contributed by atoms with Crippen molar-refractivity contribution in [3.8, 4) is 22.3 Å². The highest BCUT2D eigenvalue weighted by Gasteiger charge is 2.17. The van der Waals surface area contributed by atoms with Crippen molar-refractivity contribution in [3.63, 3.8) is 0 Å². The predicted molar refractivity (Wildman–Crippen MR) is 194 cm³/mol. The van der Waals surface area contributed by atoms with Crippen LogP contribution in [0.15, 0.2) is 180 Å². The molecule has 0 amide bonds. The smallest absolute Gasteiger partial charge is 0.135 e. The molecule has 216 valence electrons. The molecule has 0 unspecified atom stereocenters. The van der Waals surface area contributed by atoms with E-state index in [0.29, 0.717) is 11.4 Å². The summed E-state index contributed by atoms with van der Waals surface area (Å²) in [6.45, 7) is 0. The van der Waals surface area contributed by atoms with Crippen LogP contribution < -0.4 is 4.90 Å². The van der Waals surface area contributed by atoms with E-state index in [9.17, 15) is 1.37 Å². The Morgan fingerprint density at radius 3 is 2.09 bits per heavy atom. The molecule has 9 rings (SSSR count). The van der Waals surface area contributed by atoms with Gasteiger partial charge in [-0.05, 0) is 86.9 Å². The molecule has 46 heavy (non-hydrogen) atoms.